The number of pyridine rings is 1. The molecule has 2 aromatic carbocycles. The van der Waals surface area contributed by atoms with Crippen molar-refractivity contribution in [2.75, 3.05) is 13.7 Å². The van der Waals surface area contributed by atoms with Crippen LogP contribution in [0, 0.1) is 5.41 Å². The summed E-state index contributed by atoms with van der Waals surface area (Å²) in [6.45, 7) is 3.92. The number of aromatic nitrogens is 1. The molecule has 0 bridgehead atoms. The Bertz CT molecular complexity index is 1170. The number of benzene rings is 2. The molecular weight excluding hydrogens is 428 g/mol. The molecule has 1 unspecified atom stereocenters. The number of Topliss-reactive ketones (excluding diaryl/α,β-unsaturated/α-hetero) is 1. The molecule has 34 heavy (non-hydrogen) atoms. The number of rotatable bonds is 5. The van der Waals surface area contributed by atoms with E-state index in [0.29, 0.717) is 23.4 Å². The number of hydrogen-bond donors (Lipinski definition) is 0. The lowest BCUT2D eigenvalue weighted by Crippen LogP contribution is -2.59. The van der Waals surface area contributed by atoms with Crippen LogP contribution in [0.15, 0.2) is 84.6 Å². The van der Waals surface area contributed by atoms with E-state index in [1.165, 1.54) is 0 Å². The number of para-hydroxylation sites is 1. The molecule has 4 rings (SSSR count). The molecule has 3 aromatic rings. The Kier molecular flexibility index (Phi) is 6.77. The molecule has 1 fully saturated rings. The van der Waals surface area contributed by atoms with Crippen LogP contribution in [0.4, 0.5) is 4.79 Å². The van der Waals surface area contributed by atoms with Crippen molar-refractivity contribution in [3.8, 4) is 11.5 Å². The fourth-order valence-electron chi connectivity index (χ4n) is 4.26. The van der Waals surface area contributed by atoms with Gasteiger partial charge in [0.15, 0.2) is 5.78 Å². The summed E-state index contributed by atoms with van der Waals surface area (Å²) in [6, 6.07) is 21.8. The molecule has 0 N–H and O–H groups in total. The molecule has 1 aromatic heterocycles. The van der Waals surface area contributed by atoms with E-state index >= 15 is 0 Å². The van der Waals surface area contributed by atoms with Gasteiger partial charge in [-0.15, -0.1) is 0 Å². The van der Waals surface area contributed by atoms with Gasteiger partial charge in [-0.3, -0.25) is 14.7 Å². The van der Waals surface area contributed by atoms with Crippen molar-refractivity contribution in [1.29, 1.82) is 0 Å². The zero-order chi connectivity index (χ0) is 24.1. The normalized spacial score (nSPS) is 18.6. The van der Waals surface area contributed by atoms with Crippen LogP contribution in [0.1, 0.15) is 25.1 Å². The van der Waals surface area contributed by atoms with Gasteiger partial charge in [-0.05, 0) is 54.5 Å². The smallest absolute Gasteiger partial charge is 0.415 e. The Morgan fingerprint density at radius 2 is 1.74 bits per heavy atom. The Hall–Kier alpha value is -3.93. The molecule has 1 aliphatic rings. The first-order valence-corrected chi connectivity index (χ1v) is 11.2. The summed E-state index contributed by atoms with van der Waals surface area (Å²) in [5.74, 6) is 1.21. The number of ketones is 1. The number of piperidine rings is 1. The van der Waals surface area contributed by atoms with Crippen LogP contribution in [-0.4, -0.2) is 41.5 Å². The van der Waals surface area contributed by atoms with Crippen LogP contribution in [0.3, 0.4) is 0 Å². The average Bonchev–Trinajstić information content (AvgIpc) is 2.85. The zero-order valence-electron chi connectivity index (χ0n) is 19.6. The zero-order valence-corrected chi connectivity index (χ0v) is 19.6. The van der Waals surface area contributed by atoms with E-state index in [9.17, 15) is 9.59 Å². The summed E-state index contributed by atoms with van der Waals surface area (Å²) < 4.78 is 11.0. The van der Waals surface area contributed by atoms with Gasteiger partial charge in [0.25, 0.3) is 0 Å². The van der Waals surface area contributed by atoms with Gasteiger partial charge < -0.3 is 9.47 Å². The van der Waals surface area contributed by atoms with Crippen molar-refractivity contribution in [1.82, 2.24) is 9.88 Å². The first-order valence-electron chi connectivity index (χ1n) is 11.2. The van der Waals surface area contributed by atoms with Crippen LogP contribution in [0.2, 0.25) is 0 Å². The van der Waals surface area contributed by atoms with E-state index in [1.54, 1.807) is 36.4 Å². The lowest BCUT2D eigenvalue weighted by Gasteiger charge is -2.45. The lowest BCUT2D eigenvalue weighted by molar-refractivity contribution is -0.129. The molecule has 1 atom stereocenters. The Morgan fingerprint density at radius 1 is 1.03 bits per heavy atom. The molecule has 0 spiro atoms. The van der Waals surface area contributed by atoms with Crippen molar-refractivity contribution in [2.45, 2.75) is 26.3 Å². The summed E-state index contributed by atoms with van der Waals surface area (Å²) in [6.07, 6.45) is 3.45. The minimum atomic E-state index is -0.839. The summed E-state index contributed by atoms with van der Waals surface area (Å²) in [4.78, 5) is 33.0. The highest BCUT2D eigenvalue weighted by Gasteiger charge is 2.48. The predicted molar refractivity (Wildman–Crippen MR) is 131 cm³/mol. The van der Waals surface area contributed by atoms with Gasteiger partial charge in [-0.1, -0.05) is 50.2 Å². The number of amides is 1. The van der Waals surface area contributed by atoms with Crippen molar-refractivity contribution in [3.63, 3.8) is 0 Å². The molecule has 0 radical (unpaired) electrons. The number of carbonyl (C=O) groups excluding carboxylic acids is 2. The summed E-state index contributed by atoms with van der Waals surface area (Å²) in [5.41, 5.74) is 1.36. The molecule has 2 heterocycles. The molecule has 6 heteroatoms. The predicted octanol–water partition coefficient (Wildman–Crippen LogP) is 5.19. The fraction of sp³-hybridized carbons (Fsp3) is 0.250. The van der Waals surface area contributed by atoms with Crippen LogP contribution in [0.25, 0.3) is 6.08 Å². The van der Waals surface area contributed by atoms with Crippen molar-refractivity contribution in [3.05, 3.63) is 95.8 Å². The number of hydrogen-bond acceptors (Lipinski definition) is 5. The third-order valence-electron chi connectivity index (χ3n) is 6.21. The van der Waals surface area contributed by atoms with E-state index in [0.717, 1.165) is 11.3 Å². The maximum Gasteiger partial charge on any atom is 0.415 e. The average molecular weight is 457 g/mol. The minimum Gasteiger partial charge on any atom is -0.497 e. The summed E-state index contributed by atoms with van der Waals surface area (Å²) in [7, 11) is 1.62. The molecule has 0 aliphatic carbocycles. The number of nitrogens with zero attached hydrogens (tertiary/aromatic N) is 2. The van der Waals surface area contributed by atoms with Gasteiger partial charge in [-0.25, -0.2) is 4.79 Å². The first kappa shape index (κ1) is 23.2. The minimum absolute atomic E-state index is 0.000394. The largest absolute Gasteiger partial charge is 0.497 e. The van der Waals surface area contributed by atoms with E-state index in [-0.39, 0.29) is 12.3 Å². The Labute approximate surface area is 199 Å². The number of methoxy groups -OCH3 is 1. The molecule has 6 nitrogen and oxygen atoms in total. The first-order chi connectivity index (χ1) is 16.4. The molecular formula is C28H28N2O4. The molecule has 1 aliphatic heterocycles. The second-order valence-corrected chi connectivity index (χ2v) is 8.85. The SMILES string of the molecule is COc1ccc(CC2N(C(=O)Oc3ccccc3)C/C(=C/c3ccccn3)C(=O)C2(C)C)cc1. The Morgan fingerprint density at radius 3 is 2.38 bits per heavy atom. The number of carbonyl (C=O) groups is 2. The van der Waals surface area contributed by atoms with Crippen molar-refractivity contribution >= 4 is 18.0 Å². The van der Waals surface area contributed by atoms with Crippen LogP contribution < -0.4 is 9.47 Å². The van der Waals surface area contributed by atoms with Crippen molar-refractivity contribution in [2.24, 2.45) is 5.41 Å². The van der Waals surface area contributed by atoms with Crippen LogP contribution in [-0.2, 0) is 11.2 Å². The topological polar surface area (TPSA) is 68.7 Å². The van der Waals surface area contributed by atoms with Gasteiger partial charge in [0.05, 0.1) is 25.4 Å². The van der Waals surface area contributed by atoms with Crippen molar-refractivity contribution < 1.29 is 19.1 Å². The number of likely N-dealkylation sites (tertiary alicyclic amines) is 1. The van der Waals surface area contributed by atoms with E-state index < -0.39 is 17.6 Å². The van der Waals surface area contributed by atoms with E-state index in [1.807, 2.05) is 74.5 Å². The molecule has 174 valence electrons. The highest BCUT2D eigenvalue weighted by atomic mass is 16.6. The van der Waals surface area contributed by atoms with E-state index in [2.05, 4.69) is 4.98 Å². The molecule has 1 saturated heterocycles. The monoisotopic (exact) mass is 456 g/mol. The van der Waals surface area contributed by atoms with Crippen LogP contribution >= 0.6 is 0 Å². The maximum atomic E-state index is 13.6. The highest BCUT2D eigenvalue weighted by Crippen LogP contribution is 2.38. The quantitative estimate of drug-likeness (QED) is 0.494. The van der Waals surface area contributed by atoms with E-state index in [4.69, 9.17) is 9.47 Å². The highest BCUT2D eigenvalue weighted by molar-refractivity contribution is 6.05. The summed E-state index contributed by atoms with van der Waals surface area (Å²) >= 11 is 0. The summed E-state index contributed by atoms with van der Waals surface area (Å²) in [5, 5.41) is 0. The standard InChI is InChI=1S/C28H28N2O4/c1-28(2)25(17-20-12-14-23(33-3)15-13-20)30(27(32)34-24-10-5-4-6-11-24)19-21(26(28)31)18-22-9-7-8-16-29-22/h4-16,18,25H,17,19H2,1-3H3/b21-18-. The van der Waals surface area contributed by atoms with Gasteiger partial charge in [0.1, 0.15) is 11.5 Å². The van der Waals surface area contributed by atoms with Gasteiger partial charge >= 0.3 is 6.09 Å². The number of ether oxygens (including phenoxy) is 2. The molecule has 1 amide bonds. The van der Waals surface area contributed by atoms with Gasteiger partial charge in [0, 0.05) is 17.2 Å². The van der Waals surface area contributed by atoms with Gasteiger partial charge in [0.2, 0.25) is 0 Å². The maximum absolute atomic E-state index is 13.6. The molecule has 0 saturated carbocycles. The fourth-order valence-corrected chi connectivity index (χ4v) is 4.26. The second kappa shape index (κ2) is 9.91. The second-order valence-electron chi connectivity index (χ2n) is 8.85. The third-order valence-corrected chi connectivity index (χ3v) is 6.21. The lowest BCUT2D eigenvalue weighted by atomic mass is 9.71. The van der Waals surface area contributed by atoms with Crippen LogP contribution in [0.5, 0.6) is 11.5 Å². The van der Waals surface area contributed by atoms with Gasteiger partial charge in [-0.2, -0.15) is 0 Å². The third kappa shape index (κ3) is 5.01. The Balaban J connectivity index is 1.69.